The Morgan fingerprint density at radius 2 is 0.885 bits per heavy atom. The average Bonchev–Trinajstić information content (AvgIpc) is 3.43. The third-order valence-electron chi connectivity index (χ3n) is 11.2. The lowest BCUT2D eigenvalue weighted by molar-refractivity contribution is 0.660. The number of benzene rings is 9. The molecule has 9 aromatic rings. The van der Waals surface area contributed by atoms with Crippen molar-refractivity contribution < 1.29 is 0 Å². The second kappa shape index (κ2) is 11.8. The standard InChI is InChI=1S/C51H37N/c1-51(2)47-18-9-8-16-45(47)46-33-42(31-32-48(46)51)52(40-27-23-35(24-28-40)34-11-4-3-5-12-34)41-29-25-37(26-30-41)44-17-10-14-38-21-22-39-20-19-36-13-6-7-15-43(36)50(39)49(38)44/h3-33H,1-2H3. The van der Waals surface area contributed by atoms with E-state index in [0.29, 0.717) is 0 Å². The quantitative estimate of drug-likeness (QED) is 0.166. The van der Waals surface area contributed by atoms with Crippen molar-refractivity contribution in [3.63, 3.8) is 0 Å². The lowest BCUT2D eigenvalue weighted by Crippen LogP contribution is -2.15. The fourth-order valence-corrected chi connectivity index (χ4v) is 8.63. The third kappa shape index (κ3) is 4.77. The molecule has 52 heavy (non-hydrogen) atoms. The monoisotopic (exact) mass is 663 g/mol. The Bertz CT molecular complexity index is 2790. The molecule has 0 radical (unpaired) electrons. The molecular formula is C51H37N. The molecule has 0 aliphatic heterocycles. The summed E-state index contributed by atoms with van der Waals surface area (Å²) in [6, 6.07) is 69.1. The van der Waals surface area contributed by atoms with Crippen molar-refractivity contribution in [3.8, 4) is 33.4 Å². The van der Waals surface area contributed by atoms with Crippen LogP contribution in [0.3, 0.4) is 0 Å². The first-order chi connectivity index (χ1) is 25.5. The van der Waals surface area contributed by atoms with Crippen LogP contribution in [0.2, 0.25) is 0 Å². The molecule has 0 amide bonds. The molecule has 0 unspecified atom stereocenters. The Morgan fingerprint density at radius 3 is 1.65 bits per heavy atom. The molecule has 0 saturated carbocycles. The van der Waals surface area contributed by atoms with Gasteiger partial charge in [0.1, 0.15) is 0 Å². The van der Waals surface area contributed by atoms with Crippen LogP contribution >= 0.6 is 0 Å². The van der Waals surface area contributed by atoms with Crippen LogP contribution in [0.4, 0.5) is 17.1 Å². The highest BCUT2D eigenvalue weighted by Crippen LogP contribution is 2.51. The molecule has 0 atom stereocenters. The van der Waals surface area contributed by atoms with Gasteiger partial charge < -0.3 is 4.90 Å². The third-order valence-corrected chi connectivity index (χ3v) is 11.2. The maximum Gasteiger partial charge on any atom is 0.0468 e. The van der Waals surface area contributed by atoms with Crippen molar-refractivity contribution in [1.82, 2.24) is 0 Å². The van der Waals surface area contributed by atoms with Gasteiger partial charge in [-0.25, -0.2) is 0 Å². The van der Waals surface area contributed by atoms with Crippen molar-refractivity contribution >= 4 is 49.4 Å². The zero-order valence-electron chi connectivity index (χ0n) is 29.3. The minimum Gasteiger partial charge on any atom is -0.310 e. The number of fused-ring (bicyclic) bond motifs is 8. The Hall–Kier alpha value is -6.44. The van der Waals surface area contributed by atoms with Crippen molar-refractivity contribution in [3.05, 3.63) is 199 Å². The first kappa shape index (κ1) is 30.4. The SMILES string of the molecule is CC1(C)c2ccccc2-c2cc(N(c3ccc(-c4ccccc4)cc3)c3ccc(-c4cccc5ccc6ccc7ccccc7c6c45)cc3)ccc21. The van der Waals surface area contributed by atoms with Gasteiger partial charge in [0.15, 0.2) is 0 Å². The van der Waals surface area contributed by atoms with Gasteiger partial charge in [-0.1, -0.05) is 166 Å². The number of hydrogen-bond donors (Lipinski definition) is 0. The minimum absolute atomic E-state index is 0.0395. The molecule has 1 nitrogen and oxygen atoms in total. The largest absolute Gasteiger partial charge is 0.310 e. The van der Waals surface area contributed by atoms with E-state index in [1.165, 1.54) is 76.8 Å². The molecule has 1 aliphatic carbocycles. The highest BCUT2D eigenvalue weighted by Gasteiger charge is 2.35. The van der Waals surface area contributed by atoms with E-state index in [1.54, 1.807) is 0 Å². The van der Waals surface area contributed by atoms with Crippen LogP contribution in [0.1, 0.15) is 25.0 Å². The van der Waals surface area contributed by atoms with E-state index in [2.05, 4.69) is 207 Å². The van der Waals surface area contributed by atoms with Gasteiger partial charge in [0.05, 0.1) is 0 Å². The van der Waals surface area contributed by atoms with Crippen LogP contribution in [0.5, 0.6) is 0 Å². The molecule has 1 heteroatoms. The fourth-order valence-electron chi connectivity index (χ4n) is 8.63. The van der Waals surface area contributed by atoms with Crippen LogP contribution in [-0.2, 0) is 5.41 Å². The van der Waals surface area contributed by atoms with Crippen LogP contribution in [0.25, 0.3) is 65.7 Å². The van der Waals surface area contributed by atoms with Gasteiger partial charge >= 0.3 is 0 Å². The fraction of sp³-hybridized carbons (Fsp3) is 0.0588. The van der Waals surface area contributed by atoms with Gasteiger partial charge in [-0.3, -0.25) is 0 Å². The van der Waals surface area contributed by atoms with Crippen molar-refractivity contribution in [2.45, 2.75) is 19.3 Å². The van der Waals surface area contributed by atoms with E-state index >= 15 is 0 Å². The summed E-state index contributed by atoms with van der Waals surface area (Å²) in [6.07, 6.45) is 0. The van der Waals surface area contributed by atoms with E-state index in [0.717, 1.165) is 17.1 Å². The van der Waals surface area contributed by atoms with E-state index in [1.807, 2.05) is 0 Å². The summed E-state index contributed by atoms with van der Waals surface area (Å²) in [4.78, 5) is 2.40. The molecule has 0 aromatic heterocycles. The Kier molecular flexibility index (Phi) is 6.91. The summed E-state index contributed by atoms with van der Waals surface area (Å²) in [5.41, 5.74) is 13.7. The summed E-state index contributed by atoms with van der Waals surface area (Å²) in [6.45, 7) is 4.69. The lowest BCUT2D eigenvalue weighted by atomic mass is 9.82. The first-order valence-electron chi connectivity index (χ1n) is 18.2. The molecule has 0 bridgehead atoms. The number of anilines is 3. The normalized spacial score (nSPS) is 13.0. The lowest BCUT2D eigenvalue weighted by Gasteiger charge is -2.27. The zero-order chi connectivity index (χ0) is 34.8. The van der Waals surface area contributed by atoms with E-state index in [-0.39, 0.29) is 5.41 Å². The smallest absolute Gasteiger partial charge is 0.0468 e. The van der Waals surface area contributed by atoms with Crippen molar-refractivity contribution in [1.29, 1.82) is 0 Å². The second-order valence-corrected chi connectivity index (χ2v) is 14.5. The topological polar surface area (TPSA) is 3.24 Å². The zero-order valence-corrected chi connectivity index (χ0v) is 29.3. The summed E-state index contributed by atoms with van der Waals surface area (Å²) >= 11 is 0. The Labute approximate surface area is 305 Å². The van der Waals surface area contributed by atoms with Crippen molar-refractivity contribution in [2.75, 3.05) is 4.90 Å². The molecule has 0 spiro atoms. The first-order valence-corrected chi connectivity index (χ1v) is 18.2. The molecule has 0 fully saturated rings. The highest BCUT2D eigenvalue weighted by molar-refractivity contribution is 6.24. The van der Waals surface area contributed by atoms with Crippen LogP contribution < -0.4 is 4.90 Å². The highest BCUT2D eigenvalue weighted by atomic mass is 15.1. The van der Waals surface area contributed by atoms with E-state index < -0.39 is 0 Å². The van der Waals surface area contributed by atoms with E-state index in [4.69, 9.17) is 0 Å². The van der Waals surface area contributed by atoms with Gasteiger partial charge in [0.2, 0.25) is 0 Å². The summed E-state index contributed by atoms with van der Waals surface area (Å²) in [5.74, 6) is 0. The molecule has 0 saturated heterocycles. The molecule has 0 heterocycles. The predicted octanol–water partition coefficient (Wildman–Crippen LogP) is 14.3. The minimum atomic E-state index is -0.0395. The maximum atomic E-state index is 2.40. The summed E-state index contributed by atoms with van der Waals surface area (Å²) in [5, 5.41) is 7.70. The average molecular weight is 664 g/mol. The molecule has 0 N–H and O–H groups in total. The van der Waals surface area contributed by atoms with Gasteiger partial charge in [-0.15, -0.1) is 0 Å². The Balaban J connectivity index is 1.13. The summed E-state index contributed by atoms with van der Waals surface area (Å²) < 4.78 is 0. The molecule has 246 valence electrons. The van der Waals surface area contributed by atoms with Crippen LogP contribution in [-0.4, -0.2) is 0 Å². The Morgan fingerprint density at radius 1 is 0.346 bits per heavy atom. The second-order valence-electron chi connectivity index (χ2n) is 14.5. The number of nitrogens with zero attached hydrogens (tertiary/aromatic N) is 1. The molecule has 10 rings (SSSR count). The van der Waals surface area contributed by atoms with Gasteiger partial charge in [0, 0.05) is 22.5 Å². The van der Waals surface area contributed by atoms with Gasteiger partial charge in [-0.05, 0) is 113 Å². The van der Waals surface area contributed by atoms with Crippen LogP contribution in [0, 0.1) is 0 Å². The molecule has 9 aromatic carbocycles. The van der Waals surface area contributed by atoms with Gasteiger partial charge in [0.25, 0.3) is 0 Å². The molecular weight excluding hydrogens is 627 g/mol. The molecule has 1 aliphatic rings. The number of rotatable bonds is 5. The number of hydrogen-bond acceptors (Lipinski definition) is 1. The predicted molar refractivity (Wildman–Crippen MR) is 222 cm³/mol. The summed E-state index contributed by atoms with van der Waals surface area (Å²) in [7, 11) is 0. The van der Waals surface area contributed by atoms with Crippen LogP contribution in [0.15, 0.2) is 188 Å². The maximum absolute atomic E-state index is 2.40. The van der Waals surface area contributed by atoms with Crippen molar-refractivity contribution in [2.24, 2.45) is 0 Å². The van der Waals surface area contributed by atoms with E-state index in [9.17, 15) is 0 Å². The van der Waals surface area contributed by atoms with Gasteiger partial charge in [-0.2, -0.15) is 0 Å².